The van der Waals surface area contributed by atoms with Crippen molar-refractivity contribution in [1.82, 2.24) is 19.9 Å². The van der Waals surface area contributed by atoms with Gasteiger partial charge in [-0.3, -0.25) is 14.8 Å². The largest absolute Gasteiger partial charge is 0.506 e. The Morgan fingerprint density at radius 3 is 1.87 bits per heavy atom. The van der Waals surface area contributed by atoms with Gasteiger partial charge in [-0.2, -0.15) is 13.2 Å². The Kier molecular flexibility index (Phi) is 16.4. The molecule has 0 aliphatic heterocycles. The van der Waals surface area contributed by atoms with E-state index in [9.17, 15) is 28.2 Å². The van der Waals surface area contributed by atoms with Crippen LogP contribution in [0.15, 0.2) is 128 Å². The van der Waals surface area contributed by atoms with Gasteiger partial charge in [0.15, 0.2) is 0 Å². The normalized spacial score (nSPS) is 11.3. The minimum atomic E-state index is -4.47. The predicted molar refractivity (Wildman–Crippen MR) is 243 cm³/mol. The quantitative estimate of drug-likeness (QED) is 0.124. The Labute approximate surface area is 382 Å². The number of hydrogen-bond donors (Lipinski definition) is 4. The number of carbonyl (C=O) groups excluding carboxylic acids is 1. The highest BCUT2D eigenvalue weighted by atomic mass is 35.5. The number of rotatable bonds is 5. The first-order valence-electron chi connectivity index (χ1n) is 17.8. The molecule has 0 fully saturated rings. The first-order valence-corrected chi connectivity index (χ1v) is 20.0. The van der Waals surface area contributed by atoms with Crippen LogP contribution >= 0.6 is 69.6 Å². The van der Waals surface area contributed by atoms with E-state index in [-0.39, 0.29) is 17.1 Å². The molecule has 1 unspecified atom stereocenters. The SMILES string of the molecule is Cc1ccc(C(Nc2cc(Cl)c(Cl)cn2)c2ccc3cccnc3c2O)cc1Cl.Nc1cc(Cl)c(Cl)cn1.O=Cc1ccc(C(F)(F)F)c(Cl)c1.Oc1cccc2cccnc12. The average Bonchev–Trinajstić information content (AvgIpc) is 3.24. The van der Waals surface area contributed by atoms with Crippen LogP contribution in [-0.2, 0) is 6.18 Å². The summed E-state index contributed by atoms with van der Waals surface area (Å²) < 4.78 is 36.3. The van der Waals surface area contributed by atoms with Gasteiger partial charge in [0.05, 0.1) is 36.7 Å². The number of aromatic nitrogens is 4. The van der Waals surface area contributed by atoms with Crippen LogP contribution in [0.3, 0.4) is 0 Å². The number of pyridine rings is 4. The lowest BCUT2D eigenvalue weighted by molar-refractivity contribution is -0.137. The van der Waals surface area contributed by atoms with Crippen LogP contribution in [0, 0.1) is 6.92 Å². The van der Waals surface area contributed by atoms with Crippen molar-refractivity contribution in [3.63, 3.8) is 0 Å². The number of para-hydroxylation sites is 1. The van der Waals surface area contributed by atoms with Crippen LogP contribution in [-0.4, -0.2) is 36.4 Å². The summed E-state index contributed by atoms with van der Waals surface area (Å²) in [5, 5.41) is 27.2. The number of aromatic hydroxyl groups is 2. The fraction of sp³-hybridized carbons (Fsp3) is 0.0682. The number of phenols is 2. The highest BCUT2D eigenvalue weighted by Gasteiger charge is 2.33. The summed E-state index contributed by atoms with van der Waals surface area (Å²) in [6, 6.07) is 27.9. The Morgan fingerprint density at radius 1 is 0.661 bits per heavy atom. The van der Waals surface area contributed by atoms with Gasteiger partial charge in [-0.25, -0.2) is 9.97 Å². The second-order valence-electron chi connectivity index (χ2n) is 12.9. The Balaban J connectivity index is 0.000000180. The van der Waals surface area contributed by atoms with Gasteiger partial charge in [0.1, 0.15) is 40.5 Å². The minimum absolute atomic E-state index is 0.0948. The van der Waals surface area contributed by atoms with Crippen LogP contribution in [0.25, 0.3) is 21.8 Å². The maximum absolute atomic E-state index is 12.1. The van der Waals surface area contributed by atoms with Crippen molar-refractivity contribution in [2.45, 2.75) is 19.1 Å². The zero-order valence-corrected chi connectivity index (χ0v) is 36.4. The van der Waals surface area contributed by atoms with Crippen molar-refractivity contribution in [2.75, 3.05) is 11.1 Å². The van der Waals surface area contributed by atoms with Crippen LogP contribution in [0.1, 0.15) is 38.7 Å². The molecule has 0 bridgehead atoms. The number of aryl methyl sites for hydroxylation is 1. The van der Waals surface area contributed by atoms with E-state index < -0.39 is 22.8 Å². The summed E-state index contributed by atoms with van der Waals surface area (Å²) in [7, 11) is 0. The summed E-state index contributed by atoms with van der Waals surface area (Å²) in [5.41, 5.74) is 8.12. The summed E-state index contributed by atoms with van der Waals surface area (Å²) in [5.74, 6) is 1.23. The van der Waals surface area contributed by atoms with E-state index in [1.165, 1.54) is 18.5 Å². The van der Waals surface area contributed by atoms with E-state index in [0.717, 1.165) is 40.1 Å². The fourth-order valence-corrected chi connectivity index (χ4v) is 6.50. The number of fused-ring (bicyclic) bond motifs is 2. The second-order valence-corrected chi connectivity index (χ2v) is 15.3. The second kappa shape index (κ2) is 21.5. The summed E-state index contributed by atoms with van der Waals surface area (Å²) in [6.45, 7) is 1.94. The molecule has 0 saturated carbocycles. The number of phenolic OH excluding ortho intramolecular Hbond substituents is 2. The molecule has 9 nitrogen and oxygen atoms in total. The van der Waals surface area contributed by atoms with Gasteiger partial charge >= 0.3 is 6.18 Å². The number of halogens is 9. The van der Waals surface area contributed by atoms with Crippen molar-refractivity contribution in [2.24, 2.45) is 0 Å². The van der Waals surface area contributed by atoms with Crippen LogP contribution in [0.5, 0.6) is 11.5 Å². The molecule has 5 N–H and O–H groups in total. The van der Waals surface area contributed by atoms with E-state index in [1.807, 2.05) is 67.6 Å². The Morgan fingerprint density at radius 2 is 1.29 bits per heavy atom. The first kappa shape index (κ1) is 47.4. The molecular weight excluding hydrogens is 930 g/mol. The molecule has 8 aromatic rings. The number of nitrogens with one attached hydrogen (secondary N) is 1. The lowest BCUT2D eigenvalue weighted by Gasteiger charge is -2.22. The molecule has 0 spiro atoms. The van der Waals surface area contributed by atoms with Gasteiger partial charge in [-0.05, 0) is 54.4 Å². The molecule has 318 valence electrons. The average molecular weight is 961 g/mol. The monoisotopic (exact) mass is 958 g/mol. The lowest BCUT2D eigenvalue weighted by Crippen LogP contribution is -2.14. The van der Waals surface area contributed by atoms with E-state index in [4.69, 9.17) is 75.3 Å². The van der Waals surface area contributed by atoms with Crippen LogP contribution in [0.4, 0.5) is 24.8 Å². The summed E-state index contributed by atoms with van der Waals surface area (Å²) >= 11 is 34.9. The number of benzene rings is 4. The van der Waals surface area contributed by atoms with Gasteiger partial charge in [-0.15, -0.1) is 0 Å². The minimum Gasteiger partial charge on any atom is -0.506 e. The first-order chi connectivity index (χ1) is 29.5. The van der Waals surface area contributed by atoms with E-state index in [2.05, 4.69) is 25.3 Å². The van der Waals surface area contributed by atoms with E-state index >= 15 is 0 Å². The van der Waals surface area contributed by atoms with Crippen molar-refractivity contribution >= 4 is 109 Å². The van der Waals surface area contributed by atoms with Gasteiger partial charge in [0.2, 0.25) is 0 Å². The van der Waals surface area contributed by atoms with Crippen LogP contribution in [0.2, 0.25) is 30.1 Å². The van der Waals surface area contributed by atoms with Crippen molar-refractivity contribution in [3.8, 4) is 11.5 Å². The number of alkyl halides is 3. The number of nitrogens with zero attached hydrogens (tertiary/aromatic N) is 4. The third-order valence-corrected chi connectivity index (χ3v) is 10.7. The number of carbonyl (C=O) groups is 1. The van der Waals surface area contributed by atoms with Crippen LogP contribution < -0.4 is 11.1 Å². The smallest absolute Gasteiger partial charge is 0.417 e. The molecular formula is C44H31Cl6F3N6O3. The highest BCUT2D eigenvalue weighted by Crippen LogP contribution is 2.38. The standard InChI is InChI=1S/C22H16Cl3N3O.C9H7NO.C8H4ClF3O.C5H4Cl2N2/c1-12-4-5-14(9-16(12)23)20(28-19-10-17(24)18(25)11-27-19)15-7-6-13-3-2-8-26-21(13)22(15)29;11-8-5-1-3-7-4-2-6-10-9(7)8;9-7-3-5(4-13)1-2-6(7)8(10,11)12;6-3-1-5(8)9-2-4(3)7/h2-11,20,29H,1H3,(H,27,28);1-6,11H;1-4H;1-2H,(H2,8,9). The lowest BCUT2D eigenvalue weighted by atomic mass is 9.95. The Hall–Kier alpha value is -5.60. The molecule has 8 rings (SSSR count). The van der Waals surface area contributed by atoms with Crippen molar-refractivity contribution in [3.05, 3.63) is 186 Å². The maximum atomic E-state index is 12.1. The molecule has 0 radical (unpaired) electrons. The molecule has 4 aromatic heterocycles. The molecule has 1 atom stereocenters. The molecule has 18 heteroatoms. The molecule has 4 aromatic carbocycles. The van der Waals surface area contributed by atoms with Gasteiger partial charge in [0, 0.05) is 63.8 Å². The third-order valence-electron chi connectivity index (χ3n) is 8.60. The van der Waals surface area contributed by atoms with E-state index in [0.29, 0.717) is 59.6 Å². The van der Waals surface area contributed by atoms with Gasteiger partial charge in [-0.1, -0.05) is 124 Å². The third kappa shape index (κ3) is 12.5. The molecule has 4 heterocycles. The fourth-order valence-electron chi connectivity index (χ4n) is 5.50. The summed E-state index contributed by atoms with van der Waals surface area (Å²) in [4.78, 5) is 26.5. The van der Waals surface area contributed by atoms with Gasteiger partial charge < -0.3 is 21.3 Å². The molecule has 0 amide bonds. The zero-order valence-electron chi connectivity index (χ0n) is 31.8. The topological polar surface area (TPSA) is 147 Å². The van der Waals surface area contributed by atoms with E-state index in [1.54, 1.807) is 30.6 Å². The van der Waals surface area contributed by atoms with Crippen molar-refractivity contribution in [1.29, 1.82) is 0 Å². The number of nitrogens with two attached hydrogens (primary N) is 1. The molecule has 0 saturated heterocycles. The predicted octanol–water partition coefficient (Wildman–Crippen LogP) is 13.9. The molecule has 0 aliphatic rings. The molecule has 0 aliphatic carbocycles. The van der Waals surface area contributed by atoms with Crippen molar-refractivity contribution < 1.29 is 28.2 Å². The number of anilines is 2. The van der Waals surface area contributed by atoms with Gasteiger partial charge in [0.25, 0.3) is 0 Å². The zero-order chi connectivity index (χ0) is 45.1. The number of hydrogen-bond acceptors (Lipinski definition) is 9. The number of aldehydes is 1. The number of nitrogen functional groups attached to an aromatic ring is 1. The molecule has 62 heavy (non-hydrogen) atoms. The highest BCUT2D eigenvalue weighted by molar-refractivity contribution is 6.42. The Bertz CT molecular complexity index is 2850. The summed E-state index contributed by atoms with van der Waals surface area (Å²) in [6.07, 6.45) is 2.18. The maximum Gasteiger partial charge on any atom is 0.417 e.